The van der Waals surface area contributed by atoms with E-state index >= 15 is 0 Å². The second-order valence-electron chi connectivity index (χ2n) is 5.56. The van der Waals surface area contributed by atoms with Crippen LogP contribution in [0.5, 0.6) is 0 Å². The number of hydrogen-bond donors (Lipinski definition) is 0. The summed E-state index contributed by atoms with van der Waals surface area (Å²) in [7, 11) is 0. The van der Waals surface area contributed by atoms with E-state index in [1.54, 1.807) is 12.1 Å². The van der Waals surface area contributed by atoms with Crippen LogP contribution in [0.4, 0.5) is 5.69 Å². The molecule has 0 aliphatic heterocycles. The van der Waals surface area contributed by atoms with E-state index in [4.69, 9.17) is 0 Å². The molecule has 0 radical (unpaired) electrons. The Morgan fingerprint density at radius 1 is 0.773 bits per heavy atom. The lowest BCUT2D eigenvalue weighted by atomic mass is 9.95. The Morgan fingerprint density at radius 2 is 1.45 bits per heavy atom. The van der Waals surface area contributed by atoms with Gasteiger partial charge in [-0.05, 0) is 44.8 Å². The zero-order valence-corrected chi connectivity index (χ0v) is 12.0. The molecular formula is C19H13NO2. The third-order valence-corrected chi connectivity index (χ3v) is 4.26. The summed E-state index contributed by atoms with van der Waals surface area (Å²) in [5.41, 5.74) is 1.07. The first kappa shape index (κ1) is 12.8. The van der Waals surface area contributed by atoms with Crippen LogP contribution in [0.3, 0.4) is 0 Å². The van der Waals surface area contributed by atoms with Gasteiger partial charge in [-0.25, -0.2) is 0 Å². The summed E-state index contributed by atoms with van der Waals surface area (Å²) in [6.45, 7) is 1.92. The van der Waals surface area contributed by atoms with Crippen molar-refractivity contribution < 1.29 is 4.92 Å². The Hall–Kier alpha value is -2.94. The molecule has 0 unspecified atom stereocenters. The van der Waals surface area contributed by atoms with Gasteiger partial charge in [-0.1, -0.05) is 48.5 Å². The zero-order chi connectivity index (χ0) is 15.3. The predicted molar refractivity (Wildman–Crippen MR) is 90.4 cm³/mol. The minimum absolute atomic E-state index is 0.144. The van der Waals surface area contributed by atoms with Gasteiger partial charge in [0.15, 0.2) is 0 Å². The minimum atomic E-state index is -0.327. The van der Waals surface area contributed by atoms with Crippen LogP contribution < -0.4 is 0 Å². The second kappa shape index (κ2) is 4.53. The molecule has 0 amide bonds. The van der Waals surface area contributed by atoms with E-state index in [0.717, 1.165) is 27.1 Å². The molecule has 0 aliphatic carbocycles. The van der Waals surface area contributed by atoms with Crippen LogP contribution in [0, 0.1) is 17.0 Å². The lowest BCUT2D eigenvalue weighted by Crippen LogP contribution is -1.90. The highest BCUT2D eigenvalue weighted by atomic mass is 16.6. The summed E-state index contributed by atoms with van der Waals surface area (Å²) in [5, 5.41) is 17.7. The predicted octanol–water partition coefficient (Wildman–Crippen LogP) is 5.36. The Morgan fingerprint density at radius 3 is 2.27 bits per heavy atom. The number of nitro benzene ring substituents is 1. The molecule has 106 valence electrons. The molecule has 0 atom stereocenters. The summed E-state index contributed by atoms with van der Waals surface area (Å²) in [6.07, 6.45) is 0. The maximum absolute atomic E-state index is 11.2. The van der Waals surface area contributed by atoms with Gasteiger partial charge in [0.25, 0.3) is 5.69 Å². The summed E-state index contributed by atoms with van der Waals surface area (Å²) >= 11 is 0. The molecule has 22 heavy (non-hydrogen) atoms. The van der Waals surface area contributed by atoms with Gasteiger partial charge in [0.05, 0.1) is 4.92 Å². The summed E-state index contributed by atoms with van der Waals surface area (Å²) in [6, 6.07) is 19.8. The second-order valence-corrected chi connectivity index (χ2v) is 5.56. The van der Waals surface area contributed by atoms with Gasteiger partial charge in [-0.2, -0.15) is 0 Å². The van der Waals surface area contributed by atoms with Crippen molar-refractivity contribution in [2.24, 2.45) is 0 Å². The number of nitro groups is 1. The van der Waals surface area contributed by atoms with Gasteiger partial charge in [-0.3, -0.25) is 10.1 Å². The van der Waals surface area contributed by atoms with Gasteiger partial charge >= 0.3 is 0 Å². The maximum Gasteiger partial charge on any atom is 0.270 e. The number of rotatable bonds is 1. The summed E-state index contributed by atoms with van der Waals surface area (Å²) in [4.78, 5) is 10.8. The fourth-order valence-electron chi connectivity index (χ4n) is 3.21. The molecule has 0 bridgehead atoms. The highest BCUT2D eigenvalue weighted by Crippen LogP contribution is 2.34. The molecule has 0 aliphatic rings. The monoisotopic (exact) mass is 287 g/mol. The van der Waals surface area contributed by atoms with Crippen molar-refractivity contribution in [3.63, 3.8) is 0 Å². The normalized spacial score (nSPS) is 11.3. The quantitative estimate of drug-likeness (QED) is 0.268. The van der Waals surface area contributed by atoms with Crippen molar-refractivity contribution in [3.05, 3.63) is 76.3 Å². The van der Waals surface area contributed by atoms with Crippen LogP contribution in [0.1, 0.15) is 5.56 Å². The fourth-order valence-corrected chi connectivity index (χ4v) is 3.21. The Bertz CT molecular complexity index is 1070. The molecule has 0 aromatic heterocycles. The lowest BCUT2D eigenvalue weighted by molar-refractivity contribution is -0.384. The average molecular weight is 287 g/mol. The van der Waals surface area contributed by atoms with Gasteiger partial charge in [0.1, 0.15) is 0 Å². The van der Waals surface area contributed by atoms with Crippen LogP contribution in [-0.2, 0) is 0 Å². The topological polar surface area (TPSA) is 43.1 Å². The van der Waals surface area contributed by atoms with E-state index in [0.29, 0.717) is 0 Å². The van der Waals surface area contributed by atoms with E-state index in [-0.39, 0.29) is 10.6 Å². The average Bonchev–Trinajstić information content (AvgIpc) is 2.54. The molecule has 0 fully saturated rings. The minimum Gasteiger partial charge on any atom is -0.258 e. The van der Waals surface area contributed by atoms with Crippen molar-refractivity contribution in [2.75, 3.05) is 0 Å². The Labute approximate surface area is 126 Å². The molecule has 0 heterocycles. The van der Waals surface area contributed by atoms with Gasteiger partial charge in [0.2, 0.25) is 0 Å². The largest absolute Gasteiger partial charge is 0.270 e. The van der Waals surface area contributed by atoms with Crippen LogP contribution in [0.25, 0.3) is 32.3 Å². The fraction of sp³-hybridized carbons (Fsp3) is 0.0526. The number of aryl methyl sites for hydroxylation is 1. The summed E-state index contributed by atoms with van der Waals surface area (Å²) in [5.74, 6) is 0. The highest BCUT2D eigenvalue weighted by Gasteiger charge is 2.12. The number of hydrogen-bond acceptors (Lipinski definition) is 2. The van der Waals surface area contributed by atoms with Crippen LogP contribution in [-0.4, -0.2) is 4.92 Å². The van der Waals surface area contributed by atoms with Crippen molar-refractivity contribution in [2.45, 2.75) is 6.92 Å². The third-order valence-electron chi connectivity index (χ3n) is 4.26. The molecule has 0 N–H and O–H groups in total. The first-order chi connectivity index (χ1) is 10.6. The van der Waals surface area contributed by atoms with Crippen molar-refractivity contribution >= 4 is 38.0 Å². The number of benzene rings is 4. The smallest absolute Gasteiger partial charge is 0.258 e. The molecule has 4 aromatic carbocycles. The van der Waals surface area contributed by atoms with E-state index in [1.165, 1.54) is 10.8 Å². The Kier molecular flexibility index (Phi) is 2.63. The summed E-state index contributed by atoms with van der Waals surface area (Å²) < 4.78 is 0. The van der Waals surface area contributed by atoms with E-state index < -0.39 is 0 Å². The highest BCUT2D eigenvalue weighted by molar-refractivity contribution is 6.17. The van der Waals surface area contributed by atoms with Crippen LogP contribution >= 0.6 is 0 Å². The molecule has 4 rings (SSSR count). The van der Waals surface area contributed by atoms with E-state index in [9.17, 15) is 10.1 Å². The van der Waals surface area contributed by atoms with Crippen LogP contribution in [0.2, 0.25) is 0 Å². The van der Waals surface area contributed by atoms with Gasteiger partial charge < -0.3 is 0 Å². The molecule has 0 saturated carbocycles. The zero-order valence-electron chi connectivity index (χ0n) is 12.0. The van der Waals surface area contributed by atoms with Crippen molar-refractivity contribution in [1.82, 2.24) is 0 Å². The number of non-ortho nitro benzene ring substituents is 1. The first-order valence-corrected chi connectivity index (χ1v) is 7.14. The standard InChI is InChI=1S/C19H13NO2/c1-12-10-14(20(21)22)11-19-15(12)8-9-17-16-5-3-2-4-13(16)6-7-18(17)19/h2-11H,1H3. The Balaban J connectivity index is 2.23. The molecule has 3 nitrogen and oxygen atoms in total. The maximum atomic E-state index is 11.2. The lowest BCUT2D eigenvalue weighted by Gasteiger charge is -2.09. The molecular weight excluding hydrogens is 274 g/mol. The van der Waals surface area contributed by atoms with Crippen LogP contribution in [0.15, 0.2) is 60.7 Å². The first-order valence-electron chi connectivity index (χ1n) is 7.14. The third kappa shape index (κ3) is 1.76. The van der Waals surface area contributed by atoms with E-state index in [2.05, 4.69) is 36.4 Å². The van der Waals surface area contributed by atoms with Gasteiger partial charge in [-0.15, -0.1) is 0 Å². The van der Waals surface area contributed by atoms with Crippen molar-refractivity contribution in [3.8, 4) is 0 Å². The molecule has 0 saturated heterocycles. The number of fused-ring (bicyclic) bond motifs is 5. The molecule has 3 heteroatoms. The SMILES string of the molecule is Cc1cc([N+](=O)[O-])cc2c1ccc1c3ccccc3ccc21. The molecule has 4 aromatic rings. The number of nitrogens with zero attached hydrogens (tertiary/aromatic N) is 1. The van der Waals surface area contributed by atoms with Gasteiger partial charge in [0, 0.05) is 12.1 Å². The molecule has 0 spiro atoms. The van der Waals surface area contributed by atoms with Crippen molar-refractivity contribution in [1.29, 1.82) is 0 Å². The van der Waals surface area contributed by atoms with E-state index in [1.807, 2.05) is 19.1 Å².